The van der Waals surface area contributed by atoms with Gasteiger partial charge < -0.3 is 5.11 Å². The van der Waals surface area contributed by atoms with Crippen molar-refractivity contribution < 1.29 is 5.11 Å². The number of pyridine rings is 1. The van der Waals surface area contributed by atoms with Crippen molar-refractivity contribution in [3.05, 3.63) is 99.8 Å². The van der Waals surface area contributed by atoms with Gasteiger partial charge in [-0.2, -0.15) is 0 Å². The lowest BCUT2D eigenvalue weighted by Crippen LogP contribution is -2.20. The van der Waals surface area contributed by atoms with Crippen molar-refractivity contribution in [1.29, 1.82) is 0 Å². The summed E-state index contributed by atoms with van der Waals surface area (Å²) in [7, 11) is 0. The van der Waals surface area contributed by atoms with Gasteiger partial charge in [0.05, 0.1) is 16.9 Å². The SMILES string of the molecule is CCc1ccc(N=Cc2c(O)n(-c3ccc(C)cc3)c(=O)c3ccccc23)cc1. The first-order chi connectivity index (χ1) is 14.1. The van der Waals surface area contributed by atoms with Crippen LogP contribution in [0.1, 0.15) is 23.6 Å². The number of aryl methyl sites for hydroxylation is 2. The Balaban J connectivity index is 1.91. The molecular formula is C25H22N2O2. The second-order valence-corrected chi connectivity index (χ2v) is 7.04. The van der Waals surface area contributed by atoms with Crippen molar-refractivity contribution in [3.8, 4) is 11.6 Å². The third kappa shape index (κ3) is 3.57. The van der Waals surface area contributed by atoms with Crippen molar-refractivity contribution in [2.45, 2.75) is 20.3 Å². The highest BCUT2D eigenvalue weighted by atomic mass is 16.3. The molecule has 4 rings (SSSR count). The first kappa shape index (κ1) is 18.7. The predicted octanol–water partition coefficient (Wildman–Crippen LogP) is 5.32. The normalized spacial score (nSPS) is 11.4. The van der Waals surface area contributed by atoms with Gasteiger partial charge in [0.15, 0.2) is 0 Å². The summed E-state index contributed by atoms with van der Waals surface area (Å²) in [6.45, 7) is 4.09. The Bertz CT molecular complexity index is 1250. The first-order valence-electron chi connectivity index (χ1n) is 9.65. The second kappa shape index (κ2) is 7.76. The highest BCUT2D eigenvalue weighted by molar-refractivity contribution is 6.02. The highest BCUT2D eigenvalue weighted by Crippen LogP contribution is 2.26. The van der Waals surface area contributed by atoms with Gasteiger partial charge in [-0.3, -0.25) is 9.79 Å². The van der Waals surface area contributed by atoms with E-state index >= 15 is 0 Å². The smallest absolute Gasteiger partial charge is 0.265 e. The van der Waals surface area contributed by atoms with Gasteiger partial charge in [-0.15, -0.1) is 0 Å². The minimum atomic E-state index is -0.258. The van der Waals surface area contributed by atoms with Gasteiger partial charge >= 0.3 is 0 Å². The number of aliphatic imine (C=N–C) groups is 1. The topological polar surface area (TPSA) is 54.6 Å². The van der Waals surface area contributed by atoms with Crippen molar-refractivity contribution in [2.24, 2.45) is 4.99 Å². The molecule has 0 aliphatic carbocycles. The van der Waals surface area contributed by atoms with Crippen LogP contribution in [-0.2, 0) is 6.42 Å². The molecule has 1 aromatic heterocycles. The van der Waals surface area contributed by atoms with Crippen LogP contribution in [0.15, 0.2) is 82.6 Å². The zero-order valence-corrected chi connectivity index (χ0v) is 16.5. The van der Waals surface area contributed by atoms with Crippen molar-refractivity contribution in [2.75, 3.05) is 0 Å². The summed E-state index contributed by atoms with van der Waals surface area (Å²) in [5.74, 6) is -0.119. The molecule has 0 unspecified atom stereocenters. The summed E-state index contributed by atoms with van der Waals surface area (Å²) in [4.78, 5) is 17.6. The second-order valence-electron chi connectivity index (χ2n) is 7.04. The van der Waals surface area contributed by atoms with Crippen molar-refractivity contribution >= 4 is 22.7 Å². The molecule has 0 amide bonds. The summed E-state index contributed by atoms with van der Waals surface area (Å²) < 4.78 is 1.34. The first-order valence-corrected chi connectivity index (χ1v) is 9.65. The lowest BCUT2D eigenvalue weighted by Gasteiger charge is -2.14. The quantitative estimate of drug-likeness (QED) is 0.486. The maximum atomic E-state index is 13.1. The third-order valence-corrected chi connectivity index (χ3v) is 5.08. The molecule has 0 atom stereocenters. The zero-order valence-electron chi connectivity index (χ0n) is 16.5. The Morgan fingerprint density at radius 2 is 1.59 bits per heavy atom. The van der Waals surface area contributed by atoms with E-state index in [1.165, 1.54) is 10.1 Å². The molecule has 4 aromatic rings. The van der Waals surface area contributed by atoms with E-state index in [4.69, 9.17) is 0 Å². The Hall–Kier alpha value is -3.66. The molecule has 0 saturated heterocycles. The number of hydrogen-bond acceptors (Lipinski definition) is 3. The number of aromatic nitrogens is 1. The number of rotatable bonds is 4. The largest absolute Gasteiger partial charge is 0.494 e. The summed E-state index contributed by atoms with van der Waals surface area (Å²) in [6, 6.07) is 22.7. The standard InChI is InChI=1S/C25H22N2O2/c1-3-18-10-12-19(13-11-18)26-16-23-21-6-4-5-7-22(21)24(28)27(25(23)29)20-14-8-17(2)9-15-20/h4-16,29H,3H2,1-2H3. The van der Waals surface area contributed by atoms with Gasteiger partial charge in [0, 0.05) is 17.0 Å². The monoisotopic (exact) mass is 382 g/mol. The van der Waals surface area contributed by atoms with E-state index in [1.54, 1.807) is 12.3 Å². The minimum Gasteiger partial charge on any atom is -0.494 e. The number of benzene rings is 3. The van der Waals surface area contributed by atoms with E-state index in [0.717, 1.165) is 17.7 Å². The molecule has 0 fully saturated rings. The lowest BCUT2D eigenvalue weighted by molar-refractivity contribution is 0.436. The average molecular weight is 382 g/mol. The van der Waals surface area contributed by atoms with Crippen molar-refractivity contribution in [3.63, 3.8) is 0 Å². The van der Waals surface area contributed by atoms with Crippen LogP contribution in [0.2, 0.25) is 0 Å². The summed E-state index contributed by atoms with van der Waals surface area (Å²) >= 11 is 0. The van der Waals surface area contributed by atoms with E-state index in [-0.39, 0.29) is 11.4 Å². The molecule has 0 radical (unpaired) electrons. The van der Waals surface area contributed by atoms with Gasteiger partial charge in [-0.05, 0) is 49.2 Å². The Labute approximate surface area is 169 Å². The molecule has 0 aliphatic rings. The molecular weight excluding hydrogens is 360 g/mol. The molecule has 4 nitrogen and oxygen atoms in total. The fourth-order valence-electron chi connectivity index (χ4n) is 3.38. The molecule has 29 heavy (non-hydrogen) atoms. The lowest BCUT2D eigenvalue weighted by atomic mass is 10.1. The fraction of sp³-hybridized carbons (Fsp3) is 0.120. The fourth-order valence-corrected chi connectivity index (χ4v) is 3.38. The highest BCUT2D eigenvalue weighted by Gasteiger charge is 2.16. The number of nitrogens with zero attached hydrogens (tertiary/aromatic N) is 2. The Morgan fingerprint density at radius 1 is 0.931 bits per heavy atom. The molecule has 3 aromatic carbocycles. The molecule has 144 valence electrons. The molecule has 0 aliphatic heterocycles. The number of hydrogen-bond donors (Lipinski definition) is 1. The van der Waals surface area contributed by atoms with Crippen LogP contribution >= 0.6 is 0 Å². The van der Waals surface area contributed by atoms with Gasteiger partial charge in [0.2, 0.25) is 5.88 Å². The van der Waals surface area contributed by atoms with Gasteiger partial charge in [-0.1, -0.05) is 55.0 Å². The molecule has 0 saturated carbocycles. The van der Waals surface area contributed by atoms with E-state index in [1.807, 2.05) is 73.7 Å². The van der Waals surface area contributed by atoms with Crippen molar-refractivity contribution in [1.82, 2.24) is 4.57 Å². The molecule has 0 spiro atoms. The predicted molar refractivity (Wildman–Crippen MR) is 119 cm³/mol. The maximum absolute atomic E-state index is 13.1. The van der Waals surface area contributed by atoms with Gasteiger partial charge in [0.25, 0.3) is 5.56 Å². The van der Waals surface area contributed by atoms with Crippen LogP contribution in [0.5, 0.6) is 5.88 Å². The Kier molecular flexibility index (Phi) is 5.00. The van der Waals surface area contributed by atoms with E-state index < -0.39 is 0 Å². The summed E-state index contributed by atoms with van der Waals surface area (Å²) in [6.07, 6.45) is 2.60. The third-order valence-electron chi connectivity index (χ3n) is 5.08. The van der Waals surface area contributed by atoms with Crippen LogP contribution in [0.4, 0.5) is 5.69 Å². The zero-order chi connectivity index (χ0) is 20.4. The van der Waals surface area contributed by atoms with E-state index in [9.17, 15) is 9.90 Å². The molecule has 1 heterocycles. The van der Waals surface area contributed by atoms with Crippen LogP contribution in [-0.4, -0.2) is 15.9 Å². The van der Waals surface area contributed by atoms with Gasteiger partial charge in [0.1, 0.15) is 0 Å². The van der Waals surface area contributed by atoms with Crippen LogP contribution < -0.4 is 5.56 Å². The average Bonchev–Trinajstić information content (AvgIpc) is 2.75. The van der Waals surface area contributed by atoms with Crippen LogP contribution in [0.3, 0.4) is 0 Å². The Morgan fingerprint density at radius 3 is 2.24 bits per heavy atom. The van der Waals surface area contributed by atoms with Crippen LogP contribution in [0.25, 0.3) is 16.5 Å². The molecule has 0 bridgehead atoms. The molecule has 1 N–H and O–H groups in total. The minimum absolute atomic E-state index is 0.119. The molecule has 4 heteroatoms. The van der Waals surface area contributed by atoms with Crippen LogP contribution in [0, 0.1) is 6.92 Å². The van der Waals surface area contributed by atoms with Gasteiger partial charge in [-0.25, -0.2) is 4.57 Å². The summed E-state index contributed by atoms with van der Waals surface area (Å²) in [5, 5.41) is 12.2. The number of fused-ring (bicyclic) bond motifs is 1. The van der Waals surface area contributed by atoms with E-state index in [0.29, 0.717) is 22.0 Å². The summed E-state index contributed by atoms with van der Waals surface area (Å²) in [5.41, 5.74) is 3.99. The number of aromatic hydroxyl groups is 1. The van der Waals surface area contributed by atoms with E-state index in [2.05, 4.69) is 11.9 Å². The maximum Gasteiger partial charge on any atom is 0.265 e.